The Bertz CT molecular complexity index is 1970. The second kappa shape index (κ2) is 21.8. The number of likely N-dealkylation sites (tertiary alicyclic amines) is 2. The molecule has 324 valence electrons. The van der Waals surface area contributed by atoms with Gasteiger partial charge in [-0.3, -0.25) is 0 Å². The zero-order valence-electron chi connectivity index (χ0n) is 34.0. The summed E-state index contributed by atoms with van der Waals surface area (Å²) in [5, 5.41) is 18.4. The van der Waals surface area contributed by atoms with Crippen LogP contribution in [0.25, 0.3) is 11.0 Å². The second-order valence-electron chi connectivity index (χ2n) is 15.1. The number of hydrogen-bond donors (Lipinski definition) is 1. The van der Waals surface area contributed by atoms with Crippen molar-refractivity contribution in [2.75, 3.05) is 45.9 Å². The number of carboxylic acids is 1. The van der Waals surface area contributed by atoms with E-state index in [4.69, 9.17) is 4.74 Å². The number of carbonyl (C=O) groups excluding carboxylic acids is 1. The van der Waals surface area contributed by atoms with Crippen LogP contribution >= 0.6 is 0 Å². The number of halogens is 6. The van der Waals surface area contributed by atoms with E-state index in [1.807, 2.05) is 34.2 Å². The molecule has 0 spiro atoms. The van der Waals surface area contributed by atoms with Crippen molar-refractivity contribution in [2.45, 2.75) is 105 Å². The Morgan fingerprint density at radius 3 is 1.49 bits per heavy atom. The van der Waals surface area contributed by atoms with Crippen molar-refractivity contribution in [3.8, 4) is 0 Å². The largest absolute Gasteiger partial charge is 1.00 e. The second-order valence-corrected chi connectivity index (χ2v) is 15.1. The number of ether oxygens (including phenoxy) is 1. The fourth-order valence-corrected chi connectivity index (χ4v) is 8.63. The Labute approximate surface area is 353 Å². The van der Waals surface area contributed by atoms with E-state index in [-0.39, 0.29) is 74.1 Å². The van der Waals surface area contributed by atoms with Crippen molar-refractivity contribution in [1.29, 1.82) is 0 Å². The Morgan fingerprint density at radius 1 is 0.763 bits per heavy atom. The molecule has 2 saturated heterocycles. The number of alkyl halides is 6. The summed E-state index contributed by atoms with van der Waals surface area (Å²) in [5.41, 5.74) is 5.58. The first-order valence-electron chi connectivity index (χ1n) is 19.3. The number of piperidine rings is 2. The standard InChI is InChI=1S/C21H28F3N3O2.C19H24F3N3O2.CH4.Li.H2O/c1-4-29-20(28)18-15(3)19(27-17(18)6-5-10-25-27)14(2)16-7-11-26(12-8-16)13-9-21(22,23)24;1-12(14-5-9-24(10-6-14)11-7-19(20,21)22)17-13(2)16(18(26)27)15-4-3-8-23-25(15)17;;;/h5-6,10,14,16H,4,7-9,11-13H2,1-3H3;3-4,8,12,14H,5-7,9-11H2,1-2H3,(H,26,27);1H4;;1H2/q;;;+1;/p-1. The van der Waals surface area contributed by atoms with Gasteiger partial charge in [0.2, 0.25) is 0 Å². The fraction of sp³-hybridized carbons (Fsp3) is 0.610. The summed E-state index contributed by atoms with van der Waals surface area (Å²) in [4.78, 5) is 28.0. The zero-order chi connectivity index (χ0) is 40.9. The molecule has 0 radical (unpaired) electrons. The molecule has 0 aliphatic carbocycles. The van der Waals surface area contributed by atoms with Crippen molar-refractivity contribution >= 4 is 23.0 Å². The van der Waals surface area contributed by atoms with Gasteiger partial charge in [0.05, 0.1) is 41.6 Å². The number of rotatable bonds is 11. The molecule has 2 fully saturated rings. The van der Waals surface area contributed by atoms with E-state index in [9.17, 15) is 41.0 Å². The molecule has 2 unspecified atom stereocenters. The van der Waals surface area contributed by atoms with Gasteiger partial charge in [-0.2, -0.15) is 36.5 Å². The maximum absolute atomic E-state index is 12.5. The molecule has 4 aromatic rings. The number of hydrogen-bond acceptors (Lipinski definition) is 8. The van der Waals surface area contributed by atoms with Crippen LogP contribution < -0.4 is 18.9 Å². The molecular weight excluding hydrogens is 777 g/mol. The maximum Gasteiger partial charge on any atom is 1.00 e. The number of esters is 1. The van der Waals surface area contributed by atoms with Crippen LogP contribution in [0.1, 0.15) is 122 Å². The van der Waals surface area contributed by atoms with Crippen molar-refractivity contribution in [3.05, 3.63) is 70.3 Å². The SMILES string of the molecule is C.CCOC(=O)c1c(C)c(C(C)C2CCN(CCC(F)(F)F)CC2)n2ncccc12.Cc1c(C(=O)O)c2cccnn2c1C(C)C1CCN(CCC(F)(F)F)CC1.[Li+].[OH-]. The predicted octanol–water partition coefficient (Wildman–Crippen LogP) is 6.16. The molecule has 6 rings (SSSR count). The van der Waals surface area contributed by atoms with Crippen LogP contribution in [0.3, 0.4) is 0 Å². The van der Waals surface area contributed by atoms with Crippen molar-refractivity contribution in [2.24, 2.45) is 11.8 Å². The summed E-state index contributed by atoms with van der Waals surface area (Å²) in [5.74, 6) is -0.511. The Morgan fingerprint density at radius 2 is 1.14 bits per heavy atom. The van der Waals surface area contributed by atoms with Crippen LogP contribution in [0.2, 0.25) is 0 Å². The minimum Gasteiger partial charge on any atom is -0.870 e. The smallest absolute Gasteiger partial charge is 0.870 e. The van der Waals surface area contributed by atoms with Crippen LogP contribution in [0.4, 0.5) is 26.3 Å². The quantitative estimate of drug-likeness (QED) is 0.107. The third-order valence-corrected chi connectivity index (χ3v) is 11.6. The molecule has 2 atom stereocenters. The van der Waals surface area contributed by atoms with Gasteiger partial charge in [0, 0.05) is 48.7 Å². The molecule has 0 bridgehead atoms. The molecule has 59 heavy (non-hydrogen) atoms. The summed E-state index contributed by atoms with van der Waals surface area (Å²) in [6.07, 6.45) is -3.20. The van der Waals surface area contributed by atoms with Crippen LogP contribution in [0, 0.1) is 25.7 Å². The molecule has 0 amide bonds. The number of carboxylic acid groups (broad SMARTS) is 1. The summed E-state index contributed by atoms with van der Waals surface area (Å²) in [6, 6.07) is 7.13. The number of carbonyl (C=O) groups is 2. The summed E-state index contributed by atoms with van der Waals surface area (Å²) >= 11 is 0. The summed E-state index contributed by atoms with van der Waals surface area (Å²) in [6.45, 7) is 12.7. The average Bonchev–Trinajstić information content (AvgIpc) is 3.62. The Balaban J connectivity index is 0.000000388. The van der Waals surface area contributed by atoms with Gasteiger partial charge < -0.3 is 25.1 Å². The number of aromatic nitrogens is 4. The van der Waals surface area contributed by atoms with Gasteiger partial charge >= 0.3 is 43.2 Å². The third kappa shape index (κ3) is 12.5. The monoisotopic (exact) mass is 834 g/mol. The number of nitrogens with zero attached hydrogens (tertiary/aromatic N) is 6. The molecule has 2 N–H and O–H groups in total. The number of aromatic carboxylic acids is 1. The van der Waals surface area contributed by atoms with Gasteiger partial charge in [0.1, 0.15) is 0 Å². The third-order valence-electron chi connectivity index (χ3n) is 11.6. The van der Waals surface area contributed by atoms with Crippen LogP contribution in [-0.2, 0) is 4.74 Å². The van der Waals surface area contributed by atoms with Gasteiger partial charge in [0.25, 0.3) is 0 Å². The van der Waals surface area contributed by atoms with E-state index in [1.54, 1.807) is 42.0 Å². The first-order chi connectivity index (χ1) is 26.4. The van der Waals surface area contributed by atoms with Gasteiger partial charge in [-0.1, -0.05) is 21.3 Å². The van der Waals surface area contributed by atoms with E-state index in [0.29, 0.717) is 55.3 Å². The first-order valence-corrected chi connectivity index (χ1v) is 19.3. The Kier molecular flexibility index (Phi) is 19.0. The van der Waals surface area contributed by atoms with Gasteiger partial charge in [-0.05, 0) is 120 Å². The Hall–Kier alpha value is -3.62. The van der Waals surface area contributed by atoms with E-state index in [2.05, 4.69) is 24.0 Å². The van der Waals surface area contributed by atoms with Crippen LogP contribution in [0.15, 0.2) is 36.7 Å². The molecule has 6 heterocycles. The average molecular weight is 835 g/mol. The molecule has 4 aromatic heterocycles. The molecule has 11 nitrogen and oxygen atoms in total. The minimum atomic E-state index is -4.12. The minimum absolute atomic E-state index is 0. The van der Waals surface area contributed by atoms with E-state index < -0.39 is 31.2 Å². The molecule has 18 heteroatoms. The summed E-state index contributed by atoms with van der Waals surface area (Å²) < 4.78 is 83.4. The molecule has 2 aliphatic rings. The first kappa shape index (κ1) is 51.5. The normalized spacial score (nSPS) is 16.9. The van der Waals surface area contributed by atoms with Crippen LogP contribution in [0.5, 0.6) is 0 Å². The van der Waals surface area contributed by atoms with Crippen LogP contribution in [-0.4, -0.2) is 110 Å². The molecule has 2 aliphatic heterocycles. The van der Waals surface area contributed by atoms with Crippen molar-refractivity contribution in [1.82, 2.24) is 29.0 Å². The molecule has 0 saturated carbocycles. The maximum atomic E-state index is 12.5. The van der Waals surface area contributed by atoms with Gasteiger partial charge in [-0.25, -0.2) is 18.6 Å². The predicted molar refractivity (Wildman–Crippen MR) is 208 cm³/mol. The van der Waals surface area contributed by atoms with Gasteiger partial charge in [-0.15, -0.1) is 0 Å². The van der Waals surface area contributed by atoms with Crippen molar-refractivity contribution in [3.63, 3.8) is 0 Å². The van der Waals surface area contributed by atoms with Crippen molar-refractivity contribution < 1.29 is 70.1 Å². The summed E-state index contributed by atoms with van der Waals surface area (Å²) in [7, 11) is 0. The molecular formula is C41H57F6LiN6O5. The molecule has 0 aromatic carbocycles. The zero-order valence-corrected chi connectivity index (χ0v) is 34.0. The van der Waals surface area contributed by atoms with E-state index in [1.165, 1.54) is 0 Å². The van der Waals surface area contributed by atoms with E-state index in [0.717, 1.165) is 48.2 Å². The number of fused-ring (bicyclic) bond motifs is 2. The van der Waals surface area contributed by atoms with E-state index >= 15 is 0 Å². The fourth-order valence-electron chi connectivity index (χ4n) is 8.63. The van der Waals surface area contributed by atoms with Gasteiger partial charge in [0.15, 0.2) is 0 Å². The topological polar surface area (TPSA) is 135 Å².